The van der Waals surface area contributed by atoms with Gasteiger partial charge in [0.1, 0.15) is 5.82 Å². The van der Waals surface area contributed by atoms with E-state index in [4.69, 9.17) is 0 Å². The lowest BCUT2D eigenvalue weighted by Crippen LogP contribution is -2.32. The molecule has 1 aromatic heterocycles. The summed E-state index contributed by atoms with van der Waals surface area (Å²) < 4.78 is 13.2. The molecule has 1 saturated heterocycles. The second-order valence-corrected chi connectivity index (χ2v) is 6.69. The van der Waals surface area contributed by atoms with E-state index in [1.165, 1.54) is 12.1 Å². The molecule has 3 rings (SSSR count). The van der Waals surface area contributed by atoms with Crippen LogP contribution >= 0.6 is 0 Å². The van der Waals surface area contributed by atoms with Gasteiger partial charge in [-0.3, -0.25) is 9.78 Å². The number of aliphatic hydroxyl groups excluding tert-OH is 1. The zero-order chi connectivity index (χ0) is 18.0. The Morgan fingerprint density at radius 2 is 2.00 bits per heavy atom. The molecule has 0 aliphatic carbocycles. The number of pyridine rings is 1. The molecule has 1 aliphatic heterocycles. The van der Waals surface area contributed by atoms with Gasteiger partial charge in [-0.25, -0.2) is 4.39 Å². The Balaban J connectivity index is 1.80. The van der Waals surface area contributed by atoms with E-state index < -0.39 is 6.10 Å². The van der Waals surface area contributed by atoms with E-state index in [0.717, 1.165) is 11.3 Å². The van der Waals surface area contributed by atoms with Crippen LogP contribution in [0, 0.1) is 5.82 Å². The number of rotatable bonds is 4. The predicted molar refractivity (Wildman–Crippen MR) is 92.4 cm³/mol. The van der Waals surface area contributed by atoms with Gasteiger partial charge in [0, 0.05) is 19.3 Å². The first kappa shape index (κ1) is 17.5. The van der Waals surface area contributed by atoms with Gasteiger partial charge in [-0.15, -0.1) is 0 Å². The van der Waals surface area contributed by atoms with E-state index in [-0.39, 0.29) is 24.3 Å². The standard InChI is InChI=1S/C19H22FN3O2/c1-22(2)11-16-8-5-14(10-21-16)19(25)23-12-17(24)9-18(23)13-3-6-15(20)7-4-13/h3-8,10,17-18,24H,9,11-12H2,1-2H3/t17-,18-/m1/s1. The predicted octanol–water partition coefficient (Wildman–Crippen LogP) is 2.23. The van der Waals surface area contributed by atoms with Crippen molar-refractivity contribution in [3.63, 3.8) is 0 Å². The maximum Gasteiger partial charge on any atom is 0.256 e. The summed E-state index contributed by atoms with van der Waals surface area (Å²) in [6.45, 7) is 0.968. The van der Waals surface area contributed by atoms with Crippen LogP contribution in [0.5, 0.6) is 0 Å². The molecule has 1 aromatic carbocycles. The highest BCUT2D eigenvalue weighted by Crippen LogP contribution is 2.33. The number of benzene rings is 1. The van der Waals surface area contributed by atoms with Crippen LogP contribution < -0.4 is 0 Å². The SMILES string of the molecule is CN(C)Cc1ccc(C(=O)N2C[C@H](O)C[C@@H]2c2ccc(F)cc2)cn1. The summed E-state index contributed by atoms with van der Waals surface area (Å²) in [5, 5.41) is 10.0. The first-order valence-corrected chi connectivity index (χ1v) is 8.28. The number of halogens is 1. The Kier molecular flexibility index (Phi) is 5.11. The first-order valence-electron chi connectivity index (χ1n) is 8.28. The average Bonchev–Trinajstić information content (AvgIpc) is 2.97. The molecule has 2 aromatic rings. The molecule has 1 aliphatic rings. The van der Waals surface area contributed by atoms with Crippen LogP contribution in [0.3, 0.4) is 0 Å². The van der Waals surface area contributed by atoms with Gasteiger partial charge >= 0.3 is 0 Å². The van der Waals surface area contributed by atoms with Crippen molar-refractivity contribution in [3.05, 3.63) is 65.2 Å². The second-order valence-electron chi connectivity index (χ2n) is 6.69. The largest absolute Gasteiger partial charge is 0.391 e. The lowest BCUT2D eigenvalue weighted by atomic mass is 10.0. The Morgan fingerprint density at radius 1 is 1.28 bits per heavy atom. The minimum atomic E-state index is -0.583. The van der Waals surface area contributed by atoms with Crippen molar-refractivity contribution in [1.29, 1.82) is 0 Å². The van der Waals surface area contributed by atoms with Crippen LogP contribution in [-0.4, -0.2) is 52.5 Å². The monoisotopic (exact) mass is 343 g/mol. The Morgan fingerprint density at radius 3 is 2.60 bits per heavy atom. The number of hydrogen-bond acceptors (Lipinski definition) is 4. The fourth-order valence-electron chi connectivity index (χ4n) is 3.17. The summed E-state index contributed by atoms with van der Waals surface area (Å²) in [7, 11) is 3.92. The highest BCUT2D eigenvalue weighted by atomic mass is 19.1. The Hall–Kier alpha value is -2.31. The number of nitrogens with zero attached hydrogens (tertiary/aromatic N) is 3. The second kappa shape index (κ2) is 7.29. The maximum absolute atomic E-state index is 13.2. The number of carbonyl (C=O) groups is 1. The molecular formula is C19H22FN3O2. The zero-order valence-corrected chi connectivity index (χ0v) is 14.4. The van der Waals surface area contributed by atoms with Crippen LogP contribution in [-0.2, 0) is 6.54 Å². The number of hydrogen-bond donors (Lipinski definition) is 1. The van der Waals surface area contributed by atoms with Gasteiger partial charge in [-0.1, -0.05) is 12.1 Å². The molecule has 1 fully saturated rings. The van der Waals surface area contributed by atoms with Crippen molar-refractivity contribution in [2.45, 2.75) is 25.1 Å². The minimum Gasteiger partial charge on any atom is -0.391 e. The topological polar surface area (TPSA) is 56.7 Å². The van der Waals surface area contributed by atoms with Gasteiger partial charge in [-0.2, -0.15) is 0 Å². The van der Waals surface area contributed by atoms with Crippen LogP contribution in [0.15, 0.2) is 42.6 Å². The molecule has 0 saturated carbocycles. The van der Waals surface area contributed by atoms with E-state index in [2.05, 4.69) is 4.98 Å². The molecule has 0 bridgehead atoms. The van der Waals surface area contributed by atoms with Gasteiger partial charge in [-0.05, 0) is 50.3 Å². The summed E-state index contributed by atoms with van der Waals surface area (Å²) in [4.78, 5) is 20.9. The van der Waals surface area contributed by atoms with E-state index in [9.17, 15) is 14.3 Å². The maximum atomic E-state index is 13.2. The molecule has 0 radical (unpaired) electrons. The third-order valence-electron chi connectivity index (χ3n) is 4.34. The van der Waals surface area contributed by atoms with Crippen LogP contribution in [0.1, 0.15) is 34.1 Å². The average molecular weight is 343 g/mol. The van der Waals surface area contributed by atoms with Crippen LogP contribution in [0.4, 0.5) is 4.39 Å². The smallest absolute Gasteiger partial charge is 0.256 e. The zero-order valence-electron chi connectivity index (χ0n) is 14.4. The molecule has 1 amide bonds. The summed E-state index contributed by atoms with van der Waals surface area (Å²) in [6, 6.07) is 9.42. The van der Waals surface area contributed by atoms with Gasteiger partial charge in [0.05, 0.1) is 23.4 Å². The van der Waals surface area contributed by atoms with Crippen molar-refractivity contribution in [2.75, 3.05) is 20.6 Å². The lowest BCUT2D eigenvalue weighted by molar-refractivity contribution is 0.0715. The van der Waals surface area contributed by atoms with Gasteiger partial charge in [0.15, 0.2) is 0 Å². The van der Waals surface area contributed by atoms with Crippen molar-refractivity contribution >= 4 is 5.91 Å². The number of β-amino-alcohol motifs (C(OH)–C–C–N with tert-alkyl or cyclic N) is 1. The molecule has 1 N–H and O–H groups in total. The summed E-state index contributed by atoms with van der Waals surface area (Å²) in [5.74, 6) is -0.490. The minimum absolute atomic E-state index is 0.172. The quantitative estimate of drug-likeness (QED) is 0.925. The van der Waals surface area contributed by atoms with Crippen LogP contribution in [0.25, 0.3) is 0 Å². The number of aliphatic hydroxyl groups is 1. The summed E-state index contributed by atoms with van der Waals surface area (Å²) >= 11 is 0. The molecule has 0 spiro atoms. The number of likely N-dealkylation sites (tertiary alicyclic amines) is 1. The molecule has 5 nitrogen and oxygen atoms in total. The van der Waals surface area contributed by atoms with E-state index in [1.807, 2.05) is 25.1 Å². The number of amides is 1. The molecule has 132 valence electrons. The molecule has 6 heteroatoms. The van der Waals surface area contributed by atoms with E-state index >= 15 is 0 Å². The Bertz CT molecular complexity index is 731. The lowest BCUT2D eigenvalue weighted by Gasteiger charge is -2.25. The number of aromatic nitrogens is 1. The first-order chi connectivity index (χ1) is 11.9. The number of carbonyl (C=O) groups excluding carboxylic acids is 1. The Labute approximate surface area is 146 Å². The molecule has 0 unspecified atom stereocenters. The highest BCUT2D eigenvalue weighted by Gasteiger charge is 2.35. The molecule has 25 heavy (non-hydrogen) atoms. The summed E-state index contributed by atoms with van der Waals surface area (Å²) in [5.41, 5.74) is 2.20. The fourth-order valence-corrected chi connectivity index (χ4v) is 3.17. The normalized spacial score (nSPS) is 20.3. The molecule has 2 heterocycles. The van der Waals surface area contributed by atoms with E-state index in [0.29, 0.717) is 18.5 Å². The van der Waals surface area contributed by atoms with Crippen molar-refractivity contribution < 1.29 is 14.3 Å². The van der Waals surface area contributed by atoms with Crippen molar-refractivity contribution in [3.8, 4) is 0 Å². The van der Waals surface area contributed by atoms with Crippen molar-refractivity contribution in [2.24, 2.45) is 0 Å². The van der Waals surface area contributed by atoms with Gasteiger partial charge in [0.25, 0.3) is 5.91 Å². The molecule has 2 atom stereocenters. The van der Waals surface area contributed by atoms with E-state index in [1.54, 1.807) is 29.3 Å². The third kappa shape index (κ3) is 4.03. The van der Waals surface area contributed by atoms with Crippen LogP contribution in [0.2, 0.25) is 0 Å². The summed E-state index contributed by atoms with van der Waals surface area (Å²) in [6.07, 6.45) is 1.44. The fraction of sp³-hybridized carbons (Fsp3) is 0.368. The van der Waals surface area contributed by atoms with Crippen molar-refractivity contribution in [1.82, 2.24) is 14.8 Å². The third-order valence-corrected chi connectivity index (χ3v) is 4.34. The molecular weight excluding hydrogens is 321 g/mol. The highest BCUT2D eigenvalue weighted by molar-refractivity contribution is 5.94. The van der Waals surface area contributed by atoms with Gasteiger partial charge in [0.2, 0.25) is 0 Å². The van der Waals surface area contributed by atoms with Gasteiger partial charge < -0.3 is 14.9 Å².